The normalized spacial score (nSPS) is 10.4. The summed E-state index contributed by atoms with van der Waals surface area (Å²) in [5.74, 6) is -0.670. The Bertz CT molecular complexity index is 597. The van der Waals surface area contributed by atoms with E-state index in [0.717, 1.165) is 5.56 Å². The van der Waals surface area contributed by atoms with E-state index >= 15 is 0 Å². The van der Waals surface area contributed by atoms with E-state index in [9.17, 15) is 9.59 Å². The zero-order valence-electron chi connectivity index (χ0n) is 12.0. The summed E-state index contributed by atoms with van der Waals surface area (Å²) in [5.41, 5.74) is 1.61. The average Bonchev–Trinajstić information content (AvgIpc) is 2.48. The Kier molecular flexibility index (Phi) is 5.23. The minimum atomic E-state index is -0.367. The highest BCUT2D eigenvalue weighted by molar-refractivity contribution is 6.05. The van der Waals surface area contributed by atoms with Gasteiger partial charge in [-0.15, -0.1) is 0 Å². The predicted octanol–water partition coefficient (Wildman–Crippen LogP) is 2.07. The summed E-state index contributed by atoms with van der Waals surface area (Å²) < 4.78 is 0. The molecule has 0 aliphatic carbocycles. The Hall–Kier alpha value is -2.46. The van der Waals surface area contributed by atoms with Gasteiger partial charge in [0, 0.05) is 12.1 Å². The van der Waals surface area contributed by atoms with Crippen molar-refractivity contribution in [1.29, 1.82) is 0 Å². The van der Waals surface area contributed by atoms with Gasteiger partial charge in [0.15, 0.2) is 0 Å². The third-order valence-corrected chi connectivity index (χ3v) is 3.00. The third kappa shape index (κ3) is 4.85. The maximum atomic E-state index is 11.9. The van der Waals surface area contributed by atoms with Crippen molar-refractivity contribution in [2.45, 2.75) is 6.54 Å². The highest BCUT2D eigenvalue weighted by atomic mass is 16.2. The van der Waals surface area contributed by atoms with Crippen LogP contribution in [-0.2, 0) is 11.3 Å². The van der Waals surface area contributed by atoms with Gasteiger partial charge in [0.2, 0.25) is 5.91 Å². The molecule has 0 bridgehead atoms. The number of benzene rings is 2. The Morgan fingerprint density at radius 1 is 0.952 bits per heavy atom. The number of nitrogens with zero attached hydrogens (tertiary/aromatic N) is 1. The molecule has 2 aromatic rings. The minimum absolute atomic E-state index is 0.174. The summed E-state index contributed by atoms with van der Waals surface area (Å²) in [6.07, 6.45) is 0. The molecule has 0 heterocycles. The van der Waals surface area contributed by atoms with Crippen LogP contribution in [0, 0.1) is 0 Å². The fourth-order valence-corrected chi connectivity index (χ4v) is 2.02. The number of carbonyl (C=O) groups is 2. The number of imide groups is 1. The van der Waals surface area contributed by atoms with Crippen molar-refractivity contribution in [2.75, 3.05) is 13.6 Å². The van der Waals surface area contributed by atoms with Crippen molar-refractivity contribution in [3.05, 3.63) is 71.8 Å². The first-order chi connectivity index (χ1) is 10.1. The number of rotatable bonds is 5. The third-order valence-electron chi connectivity index (χ3n) is 3.00. The first-order valence-electron chi connectivity index (χ1n) is 6.77. The fourth-order valence-electron chi connectivity index (χ4n) is 2.02. The van der Waals surface area contributed by atoms with Gasteiger partial charge in [0.1, 0.15) is 0 Å². The Morgan fingerprint density at radius 2 is 1.52 bits per heavy atom. The number of nitrogens with one attached hydrogen (secondary N) is 1. The van der Waals surface area contributed by atoms with E-state index in [0.29, 0.717) is 12.1 Å². The molecule has 4 nitrogen and oxygen atoms in total. The molecular formula is C17H18N2O2. The standard InChI is InChI=1S/C17H18N2O2/c1-19(12-14-8-4-2-5-9-14)13-16(20)18-17(21)15-10-6-3-7-11-15/h2-11H,12-13H2,1H3,(H,18,20,21). The van der Waals surface area contributed by atoms with Crippen molar-refractivity contribution in [1.82, 2.24) is 10.2 Å². The summed E-state index contributed by atoms with van der Waals surface area (Å²) in [7, 11) is 1.85. The molecule has 2 amide bonds. The molecule has 0 radical (unpaired) electrons. The van der Waals surface area contributed by atoms with Gasteiger partial charge in [-0.1, -0.05) is 48.5 Å². The van der Waals surface area contributed by atoms with Gasteiger partial charge in [-0.25, -0.2) is 0 Å². The molecule has 0 aliphatic rings. The Morgan fingerprint density at radius 3 is 2.14 bits per heavy atom. The van der Waals surface area contributed by atoms with E-state index in [1.165, 1.54) is 0 Å². The summed E-state index contributed by atoms with van der Waals surface area (Å²) in [5, 5.41) is 2.39. The molecule has 0 saturated carbocycles. The fraction of sp³-hybridized carbons (Fsp3) is 0.176. The maximum Gasteiger partial charge on any atom is 0.257 e. The number of hydrogen-bond acceptors (Lipinski definition) is 3. The molecule has 0 spiro atoms. The van der Waals surface area contributed by atoms with E-state index < -0.39 is 0 Å². The van der Waals surface area contributed by atoms with E-state index in [2.05, 4.69) is 5.32 Å². The molecule has 108 valence electrons. The van der Waals surface area contributed by atoms with Crippen molar-refractivity contribution in [3.8, 4) is 0 Å². The monoisotopic (exact) mass is 282 g/mol. The van der Waals surface area contributed by atoms with Crippen LogP contribution < -0.4 is 5.32 Å². The molecule has 0 aliphatic heterocycles. The molecule has 4 heteroatoms. The van der Waals surface area contributed by atoms with Crippen LogP contribution in [0.15, 0.2) is 60.7 Å². The molecule has 0 fully saturated rings. The summed E-state index contributed by atoms with van der Waals surface area (Å²) in [6, 6.07) is 18.6. The number of carbonyl (C=O) groups excluding carboxylic acids is 2. The zero-order valence-corrected chi connectivity index (χ0v) is 12.0. The molecule has 1 N–H and O–H groups in total. The predicted molar refractivity (Wildman–Crippen MR) is 81.7 cm³/mol. The van der Waals surface area contributed by atoms with Gasteiger partial charge in [-0.05, 0) is 24.7 Å². The van der Waals surface area contributed by atoms with Crippen LogP contribution in [0.2, 0.25) is 0 Å². The lowest BCUT2D eigenvalue weighted by Crippen LogP contribution is -2.38. The van der Waals surface area contributed by atoms with Gasteiger partial charge in [-0.2, -0.15) is 0 Å². The topological polar surface area (TPSA) is 49.4 Å². The van der Waals surface area contributed by atoms with E-state index in [-0.39, 0.29) is 18.4 Å². The molecule has 0 unspecified atom stereocenters. The number of amides is 2. The smallest absolute Gasteiger partial charge is 0.257 e. The summed E-state index contributed by atoms with van der Waals surface area (Å²) in [4.78, 5) is 25.6. The number of hydrogen-bond donors (Lipinski definition) is 1. The zero-order chi connectivity index (χ0) is 15.1. The van der Waals surface area contributed by atoms with Crippen molar-refractivity contribution in [3.63, 3.8) is 0 Å². The summed E-state index contributed by atoms with van der Waals surface area (Å²) >= 11 is 0. The number of likely N-dealkylation sites (N-methyl/N-ethyl adjacent to an activating group) is 1. The van der Waals surface area contributed by atoms with E-state index in [4.69, 9.17) is 0 Å². The van der Waals surface area contributed by atoms with E-state index in [1.807, 2.05) is 48.3 Å². The Labute approximate surface area is 124 Å². The second-order valence-electron chi connectivity index (χ2n) is 4.90. The van der Waals surface area contributed by atoms with E-state index in [1.54, 1.807) is 24.3 Å². The van der Waals surface area contributed by atoms with Crippen LogP contribution >= 0.6 is 0 Å². The Balaban J connectivity index is 1.83. The van der Waals surface area contributed by atoms with Crippen LogP contribution in [0.5, 0.6) is 0 Å². The largest absolute Gasteiger partial charge is 0.293 e. The first kappa shape index (κ1) is 14.9. The van der Waals surface area contributed by atoms with Crippen LogP contribution in [0.3, 0.4) is 0 Å². The molecule has 2 rings (SSSR count). The second-order valence-corrected chi connectivity index (χ2v) is 4.90. The van der Waals surface area contributed by atoms with Crippen LogP contribution in [0.25, 0.3) is 0 Å². The highest BCUT2D eigenvalue weighted by Crippen LogP contribution is 2.02. The summed E-state index contributed by atoms with van der Waals surface area (Å²) in [6.45, 7) is 0.835. The lowest BCUT2D eigenvalue weighted by Gasteiger charge is -2.15. The van der Waals surface area contributed by atoms with Crippen molar-refractivity contribution < 1.29 is 9.59 Å². The van der Waals surface area contributed by atoms with Crippen molar-refractivity contribution >= 4 is 11.8 Å². The van der Waals surface area contributed by atoms with Crippen LogP contribution in [-0.4, -0.2) is 30.3 Å². The second kappa shape index (κ2) is 7.36. The molecule has 0 atom stereocenters. The first-order valence-corrected chi connectivity index (χ1v) is 6.77. The van der Waals surface area contributed by atoms with Gasteiger partial charge in [-0.3, -0.25) is 19.8 Å². The van der Waals surface area contributed by atoms with Crippen LogP contribution in [0.4, 0.5) is 0 Å². The lowest BCUT2D eigenvalue weighted by molar-refractivity contribution is -0.121. The quantitative estimate of drug-likeness (QED) is 0.913. The average molecular weight is 282 g/mol. The maximum absolute atomic E-state index is 11.9. The highest BCUT2D eigenvalue weighted by Gasteiger charge is 2.12. The van der Waals surface area contributed by atoms with Gasteiger partial charge in [0.25, 0.3) is 5.91 Å². The molecule has 2 aromatic carbocycles. The SMILES string of the molecule is CN(CC(=O)NC(=O)c1ccccc1)Cc1ccccc1. The lowest BCUT2D eigenvalue weighted by atomic mass is 10.2. The van der Waals surface area contributed by atoms with Gasteiger partial charge < -0.3 is 0 Å². The van der Waals surface area contributed by atoms with Crippen molar-refractivity contribution in [2.24, 2.45) is 0 Å². The molecule has 21 heavy (non-hydrogen) atoms. The molecule has 0 aromatic heterocycles. The van der Waals surface area contributed by atoms with Gasteiger partial charge in [0.05, 0.1) is 6.54 Å². The molecular weight excluding hydrogens is 264 g/mol. The van der Waals surface area contributed by atoms with Gasteiger partial charge >= 0.3 is 0 Å². The van der Waals surface area contributed by atoms with Crippen LogP contribution in [0.1, 0.15) is 15.9 Å². The minimum Gasteiger partial charge on any atom is -0.293 e. The molecule has 0 saturated heterocycles.